The number of hydrogen-bond donors (Lipinski definition) is 1. The van der Waals surface area contributed by atoms with E-state index < -0.39 is 6.10 Å². The minimum atomic E-state index is -0.451. The molecule has 1 N–H and O–H groups in total. The van der Waals surface area contributed by atoms with Crippen molar-refractivity contribution in [1.29, 1.82) is 0 Å². The number of aliphatic hydroxyl groups is 1. The Balaban J connectivity index is 1.58. The fourth-order valence-corrected chi connectivity index (χ4v) is 3.28. The van der Waals surface area contributed by atoms with Gasteiger partial charge < -0.3 is 14.9 Å². The van der Waals surface area contributed by atoms with Crippen molar-refractivity contribution < 1.29 is 5.11 Å². The van der Waals surface area contributed by atoms with E-state index in [4.69, 9.17) is 0 Å². The zero-order valence-electron chi connectivity index (χ0n) is 13.5. The SMILES string of the molecule is CN(C[C@@H]1CCCN1c1cccnn1)C[C@@H](O)c1ccccc1. The maximum Gasteiger partial charge on any atom is 0.151 e. The molecule has 2 aromatic rings. The first-order chi connectivity index (χ1) is 11.2. The lowest BCUT2D eigenvalue weighted by molar-refractivity contribution is 0.124. The summed E-state index contributed by atoms with van der Waals surface area (Å²) < 4.78 is 0. The zero-order valence-corrected chi connectivity index (χ0v) is 13.5. The van der Waals surface area contributed by atoms with Gasteiger partial charge in [-0.3, -0.25) is 0 Å². The van der Waals surface area contributed by atoms with Gasteiger partial charge in [-0.1, -0.05) is 30.3 Å². The number of nitrogens with zero attached hydrogens (tertiary/aromatic N) is 4. The van der Waals surface area contributed by atoms with Crippen LogP contribution in [-0.4, -0.2) is 52.9 Å². The highest BCUT2D eigenvalue weighted by Gasteiger charge is 2.27. The molecule has 0 unspecified atom stereocenters. The molecule has 1 fully saturated rings. The van der Waals surface area contributed by atoms with Gasteiger partial charge in [0.25, 0.3) is 0 Å². The summed E-state index contributed by atoms with van der Waals surface area (Å²) >= 11 is 0. The number of rotatable bonds is 6. The van der Waals surface area contributed by atoms with E-state index in [1.54, 1.807) is 6.20 Å². The first-order valence-corrected chi connectivity index (χ1v) is 8.20. The van der Waals surface area contributed by atoms with E-state index in [2.05, 4.69) is 27.0 Å². The number of likely N-dealkylation sites (N-methyl/N-ethyl adjacent to an activating group) is 1. The van der Waals surface area contributed by atoms with Gasteiger partial charge >= 0.3 is 0 Å². The van der Waals surface area contributed by atoms with Crippen LogP contribution in [0.1, 0.15) is 24.5 Å². The highest BCUT2D eigenvalue weighted by atomic mass is 16.3. The van der Waals surface area contributed by atoms with E-state index in [0.29, 0.717) is 12.6 Å². The molecule has 0 radical (unpaired) electrons. The average Bonchev–Trinajstić information content (AvgIpc) is 3.04. The van der Waals surface area contributed by atoms with E-state index in [9.17, 15) is 5.11 Å². The summed E-state index contributed by atoms with van der Waals surface area (Å²) in [5, 5.41) is 18.6. The van der Waals surface area contributed by atoms with Gasteiger partial charge in [-0.15, -0.1) is 5.10 Å². The Labute approximate surface area is 137 Å². The van der Waals surface area contributed by atoms with Crippen molar-refractivity contribution in [3.63, 3.8) is 0 Å². The summed E-state index contributed by atoms with van der Waals surface area (Å²) in [6, 6.07) is 14.2. The third kappa shape index (κ3) is 4.06. The van der Waals surface area contributed by atoms with Gasteiger partial charge in [0.05, 0.1) is 6.10 Å². The normalized spacial score (nSPS) is 19.3. The van der Waals surface area contributed by atoms with Crippen molar-refractivity contribution >= 4 is 5.82 Å². The standard InChI is InChI=1S/C18H24N4O/c1-21(14-17(23)15-7-3-2-4-8-15)13-16-9-6-12-22(16)18-10-5-11-19-20-18/h2-5,7-8,10-11,16-17,23H,6,9,12-14H2,1H3/t16-,17+/m0/s1. The Morgan fingerprint density at radius 3 is 2.83 bits per heavy atom. The van der Waals surface area contributed by atoms with E-state index in [-0.39, 0.29) is 0 Å². The molecule has 2 heterocycles. The summed E-state index contributed by atoms with van der Waals surface area (Å²) in [5.74, 6) is 0.951. The molecule has 0 amide bonds. The molecule has 1 aromatic heterocycles. The molecule has 1 aromatic carbocycles. The number of anilines is 1. The second-order valence-electron chi connectivity index (χ2n) is 6.22. The van der Waals surface area contributed by atoms with E-state index in [1.807, 2.05) is 42.5 Å². The molecule has 1 aliphatic rings. The average molecular weight is 312 g/mol. The summed E-state index contributed by atoms with van der Waals surface area (Å²) in [5.41, 5.74) is 0.969. The zero-order chi connectivity index (χ0) is 16.1. The van der Waals surface area contributed by atoms with Gasteiger partial charge in [0, 0.05) is 31.9 Å². The second-order valence-corrected chi connectivity index (χ2v) is 6.22. The smallest absolute Gasteiger partial charge is 0.151 e. The van der Waals surface area contributed by atoms with Crippen LogP contribution >= 0.6 is 0 Å². The highest BCUT2D eigenvalue weighted by Crippen LogP contribution is 2.24. The maximum atomic E-state index is 10.4. The lowest BCUT2D eigenvalue weighted by Gasteiger charge is -2.30. The molecule has 0 spiro atoms. The van der Waals surface area contributed by atoms with Crippen molar-refractivity contribution in [3.8, 4) is 0 Å². The fraction of sp³-hybridized carbons (Fsp3) is 0.444. The topological polar surface area (TPSA) is 52.5 Å². The molecule has 122 valence electrons. The van der Waals surface area contributed by atoms with Gasteiger partial charge in [0.1, 0.15) is 0 Å². The predicted molar refractivity (Wildman–Crippen MR) is 91.3 cm³/mol. The number of benzene rings is 1. The highest BCUT2D eigenvalue weighted by molar-refractivity contribution is 5.39. The van der Waals surface area contributed by atoms with Crippen LogP contribution in [-0.2, 0) is 0 Å². The van der Waals surface area contributed by atoms with Crippen molar-refractivity contribution in [2.24, 2.45) is 0 Å². The van der Waals surface area contributed by atoms with Gasteiger partial charge in [-0.05, 0) is 37.6 Å². The van der Waals surface area contributed by atoms with Crippen LogP contribution in [0.2, 0.25) is 0 Å². The first kappa shape index (κ1) is 15.9. The van der Waals surface area contributed by atoms with Crippen LogP contribution in [0.25, 0.3) is 0 Å². The van der Waals surface area contributed by atoms with Crippen molar-refractivity contribution in [1.82, 2.24) is 15.1 Å². The number of aliphatic hydroxyl groups excluding tert-OH is 1. The van der Waals surface area contributed by atoms with Crippen LogP contribution in [0.4, 0.5) is 5.82 Å². The molecule has 2 atom stereocenters. The van der Waals surface area contributed by atoms with Crippen LogP contribution in [0.15, 0.2) is 48.7 Å². The van der Waals surface area contributed by atoms with Crippen LogP contribution in [0.3, 0.4) is 0 Å². The molecular formula is C18H24N4O. The van der Waals surface area contributed by atoms with Gasteiger partial charge in [0.2, 0.25) is 0 Å². The third-order valence-corrected chi connectivity index (χ3v) is 4.42. The number of hydrogen-bond acceptors (Lipinski definition) is 5. The minimum Gasteiger partial charge on any atom is -0.387 e. The Hall–Kier alpha value is -1.98. The van der Waals surface area contributed by atoms with Crippen LogP contribution in [0.5, 0.6) is 0 Å². The lowest BCUT2D eigenvalue weighted by atomic mass is 10.1. The Kier molecular flexibility index (Phi) is 5.20. The molecule has 5 nitrogen and oxygen atoms in total. The van der Waals surface area contributed by atoms with Crippen molar-refractivity contribution in [2.75, 3.05) is 31.6 Å². The summed E-state index contributed by atoms with van der Waals surface area (Å²) in [6.45, 7) is 2.58. The maximum absolute atomic E-state index is 10.4. The largest absolute Gasteiger partial charge is 0.387 e. The molecular weight excluding hydrogens is 288 g/mol. The molecule has 0 bridgehead atoms. The van der Waals surface area contributed by atoms with Gasteiger partial charge in [0.15, 0.2) is 5.82 Å². The van der Waals surface area contributed by atoms with E-state index in [0.717, 1.165) is 30.9 Å². The Morgan fingerprint density at radius 1 is 1.26 bits per heavy atom. The molecule has 3 rings (SSSR count). The fourth-order valence-electron chi connectivity index (χ4n) is 3.28. The molecule has 23 heavy (non-hydrogen) atoms. The van der Waals surface area contributed by atoms with Crippen LogP contribution < -0.4 is 4.90 Å². The molecule has 1 saturated heterocycles. The van der Waals surface area contributed by atoms with Gasteiger partial charge in [-0.25, -0.2) is 0 Å². The van der Waals surface area contributed by atoms with E-state index >= 15 is 0 Å². The second kappa shape index (κ2) is 7.53. The Bertz CT molecular complexity index is 592. The summed E-state index contributed by atoms with van der Waals surface area (Å²) in [6.07, 6.45) is 3.59. The predicted octanol–water partition coefficient (Wildman–Crippen LogP) is 2.11. The van der Waals surface area contributed by atoms with E-state index in [1.165, 1.54) is 6.42 Å². The summed E-state index contributed by atoms with van der Waals surface area (Å²) in [7, 11) is 2.07. The Morgan fingerprint density at radius 2 is 2.09 bits per heavy atom. The van der Waals surface area contributed by atoms with Crippen molar-refractivity contribution in [3.05, 3.63) is 54.2 Å². The molecule has 0 aliphatic carbocycles. The monoisotopic (exact) mass is 312 g/mol. The third-order valence-electron chi connectivity index (χ3n) is 4.42. The quantitative estimate of drug-likeness (QED) is 0.885. The summed E-state index contributed by atoms with van der Waals surface area (Å²) in [4.78, 5) is 4.54. The first-order valence-electron chi connectivity index (χ1n) is 8.20. The number of aromatic nitrogens is 2. The molecule has 5 heteroatoms. The molecule has 1 aliphatic heterocycles. The van der Waals surface area contributed by atoms with Crippen molar-refractivity contribution in [2.45, 2.75) is 25.0 Å². The van der Waals surface area contributed by atoms with Crippen LogP contribution in [0, 0.1) is 0 Å². The minimum absolute atomic E-state index is 0.430. The lowest BCUT2D eigenvalue weighted by Crippen LogP contribution is -2.40. The van der Waals surface area contributed by atoms with Gasteiger partial charge in [-0.2, -0.15) is 5.10 Å². The molecule has 0 saturated carbocycles.